The average Bonchev–Trinajstić information content (AvgIpc) is 3.24. The summed E-state index contributed by atoms with van der Waals surface area (Å²) in [5, 5.41) is 6.09. The van der Waals surface area contributed by atoms with Crippen LogP contribution >= 0.6 is 11.3 Å². The van der Waals surface area contributed by atoms with Gasteiger partial charge in [0, 0.05) is 10.8 Å². The molecule has 2 aromatic heterocycles. The van der Waals surface area contributed by atoms with Crippen molar-refractivity contribution in [2.45, 2.75) is 0 Å². The lowest BCUT2D eigenvalue weighted by atomic mass is 10.1. The highest BCUT2D eigenvalue weighted by atomic mass is 32.1. The van der Waals surface area contributed by atoms with Crippen LogP contribution < -0.4 is 0 Å². The number of para-hydroxylation sites is 2. The molecule has 2 nitrogen and oxygen atoms in total. The van der Waals surface area contributed by atoms with Gasteiger partial charge >= 0.3 is 0 Å². The lowest BCUT2D eigenvalue weighted by Gasteiger charge is -2.04. The Labute approximate surface area is 153 Å². The lowest BCUT2D eigenvalue weighted by molar-refractivity contribution is 1.15. The van der Waals surface area contributed by atoms with Crippen molar-refractivity contribution >= 4 is 54.1 Å². The molecule has 0 N–H and O–H groups in total. The summed E-state index contributed by atoms with van der Waals surface area (Å²) in [5.74, 6) is 0. The molecule has 2 heterocycles. The van der Waals surface area contributed by atoms with Crippen LogP contribution in [0.15, 0.2) is 84.9 Å². The molecule has 122 valence electrons. The molecule has 0 unspecified atom stereocenters. The monoisotopic (exact) mass is 350 g/mol. The van der Waals surface area contributed by atoms with E-state index in [1.54, 1.807) is 11.3 Å². The van der Waals surface area contributed by atoms with E-state index in [1.807, 2.05) is 6.07 Å². The Morgan fingerprint density at radius 2 is 1.38 bits per heavy atom. The molecule has 0 radical (unpaired) electrons. The number of benzene rings is 4. The molecule has 0 fully saturated rings. The van der Waals surface area contributed by atoms with Crippen molar-refractivity contribution in [3.63, 3.8) is 0 Å². The highest BCUT2D eigenvalue weighted by molar-refractivity contribution is 7.20. The molecule has 0 spiro atoms. The molecule has 0 aliphatic heterocycles. The van der Waals surface area contributed by atoms with Gasteiger partial charge in [-0.1, -0.05) is 65.9 Å². The largest absolute Gasteiger partial charge is 0.285 e. The van der Waals surface area contributed by atoms with Gasteiger partial charge in [-0.05, 0) is 41.1 Å². The Morgan fingerprint density at radius 1 is 0.654 bits per heavy atom. The summed E-state index contributed by atoms with van der Waals surface area (Å²) >= 11 is 1.74. The Morgan fingerprint density at radius 3 is 2.27 bits per heavy atom. The molecular formula is C23H14N2S. The number of fused-ring (bicyclic) bond motifs is 5. The van der Waals surface area contributed by atoms with Crippen LogP contribution in [-0.4, -0.2) is 9.55 Å². The molecular weight excluding hydrogens is 336 g/mol. The maximum Gasteiger partial charge on any atom is 0.195 e. The second-order valence-electron chi connectivity index (χ2n) is 6.53. The molecule has 0 saturated carbocycles. The number of thiazole rings is 1. The molecule has 0 bridgehead atoms. The van der Waals surface area contributed by atoms with Crippen LogP contribution in [0.25, 0.3) is 47.9 Å². The van der Waals surface area contributed by atoms with Gasteiger partial charge in [0.2, 0.25) is 0 Å². The SMILES string of the molecule is c1ccc2cc3c(cc2c1)c1ccccc1n3-c1nc2ccccc2s1. The third-order valence-corrected chi connectivity index (χ3v) is 6.04. The maximum absolute atomic E-state index is 4.92. The van der Waals surface area contributed by atoms with E-state index >= 15 is 0 Å². The van der Waals surface area contributed by atoms with E-state index in [9.17, 15) is 0 Å². The fraction of sp³-hybridized carbons (Fsp3) is 0. The summed E-state index contributed by atoms with van der Waals surface area (Å²) in [4.78, 5) is 4.92. The summed E-state index contributed by atoms with van der Waals surface area (Å²) in [6.07, 6.45) is 0. The predicted octanol–water partition coefficient (Wildman–Crippen LogP) is 6.55. The fourth-order valence-corrected chi connectivity index (χ4v) is 4.81. The van der Waals surface area contributed by atoms with Crippen LogP contribution in [0.1, 0.15) is 0 Å². The Hall–Kier alpha value is -3.17. The molecule has 26 heavy (non-hydrogen) atoms. The smallest absolute Gasteiger partial charge is 0.195 e. The molecule has 0 aliphatic rings. The quantitative estimate of drug-likeness (QED) is 0.329. The van der Waals surface area contributed by atoms with Crippen molar-refractivity contribution in [1.82, 2.24) is 9.55 Å². The minimum Gasteiger partial charge on any atom is -0.285 e. The highest BCUT2D eigenvalue weighted by Gasteiger charge is 2.15. The van der Waals surface area contributed by atoms with Crippen molar-refractivity contribution < 1.29 is 0 Å². The van der Waals surface area contributed by atoms with E-state index in [4.69, 9.17) is 4.98 Å². The van der Waals surface area contributed by atoms with E-state index in [0.717, 1.165) is 10.6 Å². The van der Waals surface area contributed by atoms with Gasteiger partial charge in [0.05, 0.1) is 21.3 Å². The zero-order chi connectivity index (χ0) is 17.1. The number of nitrogens with zero attached hydrogens (tertiary/aromatic N) is 2. The van der Waals surface area contributed by atoms with Crippen LogP contribution in [-0.2, 0) is 0 Å². The summed E-state index contributed by atoms with van der Waals surface area (Å²) in [7, 11) is 0. The molecule has 6 rings (SSSR count). The molecule has 0 atom stereocenters. The van der Waals surface area contributed by atoms with Crippen LogP contribution in [0.3, 0.4) is 0 Å². The third-order valence-electron chi connectivity index (χ3n) is 5.01. The van der Waals surface area contributed by atoms with Gasteiger partial charge in [-0.25, -0.2) is 4.98 Å². The summed E-state index contributed by atoms with van der Waals surface area (Å²) < 4.78 is 3.52. The van der Waals surface area contributed by atoms with Crippen molar-refractivity contribution in [2.24, 2.45) is 0 Å². The van der Waals surface area contributed by atoms with Crippen LogP contribution in [0.2, 0.25) is 0 Å². The zero-order valence-electron chi connectivity index (χ0n) is 13.9. The van der Waals surface area contributed by atoms with Gasteiger partial charge in [-0.15, -0.1) is 0 Å². The minimum absolute atomic E-state index is 1.02. The van der Waals surface area contributed by atoms with Crippen LogP contribution in [0.4, 0.5) is 0 Å². The Kier molecular flexibility index (Phi) is 2.79. The normalized spacial score (nSPS) is 11.8. The average molecular weight is 350 g/mol. The van der Waals surface area contributed by atoms with Gasteiger partial charge in [0.25, 0.3) is 0 Å². The molecule has 0 amide bonds. The van der Waals surface area contributed by atoms with Gasteiger partial charge < -0.3 is 0 Å². The number of rotatable bonds is 1. The predicted molar refractivity (Wildman–Crippen MR) is 111 cm³/mol. The first-order valence-corrected chi connectivity index (χ1v) is 9.48. The van der Waals surface area contributed by atoms with Crippen molar-refractivity contribution in [1.29, 1.82) is 0 Å². The maximum atomic E-state index is 4.92. The first-order valence-electron chi connectivity index (χ1n) is 8.66. The number of hydrogen-bond acceptors (Lipinski definition) is 2. The van der Waals surface area contributed by atoms with E-state index in [1.165, 1.54) is 37.3 Å². The van der Waals surface area contributed by atoms with Crippen LogP contribution in [0.5, 0.6) is 0 Å². The van der Waals surface area contributed by atoms with Crippen molar-refractivity contribution in [3.8, 4) is 5.13 Å². The number of hydrogen-bond donors (Lipinski definition) is 0. The Bertz CT molecular complexity index is 1410. The van der Waals surface area contributed by atoms with E-state index in [0.29, 0.717) is 0 Å². The van der Waals surface area contributed by atoms with E-state index in [-0.39, 0.29) is 0 Å². The summed E-state index contributed by atoms with van der Waals surface area (Å²) in [5.41, 5.74) is 3.47. The Balaban J connectivity index is 1.81. The second-order valence-corrected chi connectivity index (χ2v) is 7.54. The zero-order valence-corrected chi connectivity index (χ0v) is 14.7. The molecule has 0 aliphatic carbocycles. The fourth-order valence-electron chi connectivity index (χ4n) is 3.82. The van der Waals surface area contributed by atoms with Gasteiger partial charge in [0.1, 0.15) is 0 Å². The first-order chi connectivity index (χ1) is 12.9. The molecule has 6 aromatic rings. The van der Waals surface area contributed by atoms with Gasteiger partial charge in [0.15, 0.2) is 5.13 Å². The molecule has 4 aromatic carbocycles. The standard InChI is InChI=1S/C23H14N2S/c1-2-8-16-14-21-18(13-15(16)7-1)17-9-3-5-11-20(17)25(21)23-24-19-10-4-6-12-22(19)26-23/h1-14H. The van der Waals surface area contributed by atoms with Crippen molar-refractivity contribution in [3.05, 3.63) is 84.9 Å². The molecule has 3 heteroatoms. The summed E-state index contributed by atoms with van der Waals surface area (Å²) in [6, 6.07) is 30.1. The number of aromatic nitrogens is 2. The molecule has 0 saturated heterocycles. The summed E-state index contributed by atoms with van der Waals surface area (Å²) in [6.45, 7) is 0. The lowest BCUT2D eigenvalue weighted by Crippen LogP contribution is -1.92. The van der Waals surface area contributed by atoms with E-state index < -0.39 is 0 Å². The minimum atomic E-state index is 1.02. The first kappa shape index (κ1) is 14.0. The highest BCUT2D eigenvalue weighted by Crippen LogP contribution is 2.36. The van der Waals surface area contributed by atoms with E-state index in [2.05, 4.69) is 83.4 Å². The van der Waals surface area contributed by atoms with Gasteiger partial charge in [-0.3, -0.25) is 4.57 Å². The van der Waals surface area contributed by atoms with Crippen molar-refractivity contribution in [2.75, 3.05) is 0 Å². The topological polar surface area (TPSA) is 17.8 Å². The third kappa shape index (κ3) is 1.89. The second kappa shape index (κ2) is 5.16. The van der Waals surface area contributed by atoms with Crippen LogP contribution in [0, 0.1) is 0 Å². The van der Waals surface area contributed by atoms with Gasteiger partial charge in [-0.2, -0.15) is 0 Å².